The third-order valence-corrected chi connectivity index (χ3v) is 7.00. The van der Waals surface area contributed by atoms with Crippen LogP contribution in [0.15, 0.2) is 54.2 Å². The second-order valence-corrected chi connectivity index (χ2v) is 8.78. The molecule has 3 aromatic rings. The van der Waals surface area contributed by atoms with E-state index >= 15 is 0 Å². The van der Waals surface area contributed by atoms with Crippen LogP contribution in [0.25, 0.3) is 21.9 Å². The van der Waals surface area contributed by atoms with Gasteiger partial charge in [-0.2, -0.15) is 5.10 Å². The van der Waals surface area contributed by atoms with Crippen LogP contribution in [0, 0.1) is 18.4 Å². The highest BCUT2D eigenvalue weighted by Gasteiger charge is 2.50. The van der Waals surface area contributed by atoms with Gasteiger partial charge in [0, 0.05) is 36.0 Å². The monoisotopic (exact) mass is 399 g/mol. The van der Waals surface area contributed by atoms with Crippen molar-refractivity contribution in [2.24, 2.45) is 18.9 Å². The molecule has 0 saturated heterocycles. The minimum atomic E-state index is -0.282. The molecular weight excluding hydrogens is 374 g/mol. The fourth-order valence-electron chi connectivity index (χ4n) is 5.52. The number of hydrogen-bond donors (Lipinski definition) is 1. The van der Waals surface area contributed by atoms with Gasteiger partial charge >= 0.3 is 0 Å². The number of allylic oxidation sites excluding steroid dienone is 2. The summed E-state index contributed by atoms with van der Waals surface area (Å²) in [5.41, 5.74) is 4.52. The number of rotatable bonds is 2. The number of imidazole rings is 1. The van der Waals surface area contributed by atoms with E-state index in [0.29, 0.717) is 12.1 Å². The van der Waals surface area contributed by atoms with Crippen LogP contribution in [0.5, 0.6) is 0 Å². The van der Waals surface area contributed by atoms with Crippen LogP contribution in [0.1, 0.15) is 38.1 Å². The molecule has 0 aliphatic heterocycles. The first-order valence-corrected chi connectivity index (χ1v) is 10.4. The Balaban J connectivity index is 1.76. The molecule has 152 valence electrons. The van der Waals surface area contributed by atoms with Crippen molar-refractivity contribution < 1.29 is 5.11 Å². The van der Waals surface area contributed by atoms with Gasteiger partial charge < -0.3 is 5.11 Å². The van der Waals surface area contributed by atoms with Gasteiger partial charge in [-0.05, 0) is 37.3 Å². The lowest BCUT2D eigenvalue weighted by molar-refractivity contribution is 0.135. The topological polar surface area (TPSA) is 60.2 Å². The maximum Gasteiger partial charge on any atom is 0.203 e. The van der Waals surface area contributed by atoms with E-state index < -0.39 is 0 Å². The van der Waals surface area contributed by atoms with Crippen molar-refractivity contribution in [2.45, 2.75) is 38.5 Å². The van der Waals surface area contributed by atoms with Crippen LogP contribution in [-0.2, 0) is 18.9 Å². The van der Waals surface area contributed by atoms with E-state index in [-0.39, 0.29) is 23.0 Å². The van der Waals surface area contributed by atoms with Gasteiger partial charge in [0.2, 0.25) is 5.70 Å². The number of para-hydroxylation sites is 1. The van der Waals surface area contributed by atoms with Crippen molar-refractivity contribution in [2.75, 3.05) is 0 Å². The third kappa shape index (κ3) is 2.55. The number of aryl methyl sites for hydroxylation is 1. The van der Waals surface area contributed by atoms with Crippen molar-refractivity contribution in [3.05, 3.63) is 77.0 Å². The summed E-state index contributed by atoms with van der Waals surface area (Å²) in [6.45, 7) is 11.9. The highest BCUT2D eigenvalue weighted by atomic mass is 16.3. The van der Waals surface area contributed by atoms with Gasteiger partial charge in [-0.15, -0.1) is 0 Å². The Morgan fingerprint density at radius 2 is 2.03 bits per heavy atom. The van der Waals surface area contributed by atoms with Gasteiger partial charge in [0.25, 0.3) is 0 Å². The second kappa shape index (κ2) is 6.60. The number of aromatic nitrogens is 4. The molecule has 6 heteroatoms. The lowest BCUT2D eigenvalue weighted by Crippen LogP contribution is -2.44. The zero-order valence-corrected chi connectivity index (χ0v) is 17.5. The highest BCUT2D eigenvalue weighted by molar-refractivity contribution is 5.60. The molecule has 2 aliphatic rings. The molecule has 0 unspecified atom stereocenters. The molecule has 5 rings (SSSR count). The summed E-state index contributed by atoms with van der Waals surface area (Å²) in [7, 11) is 1.91. The van der Waals surface area contributed by atoms with E-state index in [1.165, 1.54) is 5.69 Å². The molecule has 0 saturated carbocycles. The van der Waals surface area contributed by atoms with Crippen LogP contribution in [0.4, 0.5) is 0 Å². The smallest absolute Gasteiger partial charge is 0.203 e. The van der Waals surface area contributed by atoms with Gasteiger partial charge in [-0.3, -0.25) is 9.25 Å². The first-order valence-electron chi connectivity index (χ1n) is 10.4. The van der Waals surface area contributed by atoms with Crippen molar-refractivity contribution in [1.82, 2.24) is 19.3 Å². The summed E-state index contributed by atoms with van der Waals surface area (Å²) in [6.07, 6.45) is 6.23. The normalized spacial score (nSPS) is 25.5. The quantitative estimate of drug-likeness (QED) is 0.629. The Morgan fingerprint density at radius 3 is 2.70 bits per heavy atom. The van der Waals surface area contributed by atoms with E-state index in [2.05, 4.69) is 33.6 Å². The minimum Gasteiger partial charge on any atom is -0.523 e. The molecule has 6 nitrogen and oxygen atoms in total. The Morgan fingerprint density at radius 1 is 1.27 bits per heavy atom. The van der Waals surface area contributed by atoms with Crippen molar-refractivity contribution in [1.29, 1.82) is 0 Å². The summed E-state index contributed by atoms with van der Waals surface area (Å²) in [6, 6.07) is 10.3. The molecule has 2 aromatic heterocycles. The summed E-state index contributed by atoms with van der Waals surface area (Å²) < 4.78 is 4.05. The maximum absolute atomic E-state index is 10.6. The van der Waals surface area contributed by atoms with Gasteiger partial charge in [0.15, 0.2) is 0 Å². The van der Waals surface area contributed by atoms with E-state index in [1.807, 2.05) is 44.6 Å². The molecule has 2 heterocycles. The fraction of sp³-hybridized carbons (Fsp3) is 0.375. The van der Waals surface area contributed by atoms with Gasteiger partial charge in [-0.25, -0.2) is 9.83 Å². The lowest BCUT2D eigenvalue weighted by Gasteiger charge is -2.47. The molecule has 0 fully saturated rings. The zero-order valence-electron chi connectivity index (χ0n) is 17.5. The lowest BCUT2D eigenvalue weighted by atomic mass is 9.58. The number of aliphatic hydroxyl groups is 1. The number of aliphatic hydroxyl groups excluding tert-OH is 1. The van der Waals surface area contributed by atoms with Crippen molar-refractivity contribution >= 4 is 0 Å². The Labute approximate surface area is 176 Å². The predicted octanol–water partition coefficient (Wildman–Crippen LogP) is 4.82. The minimum absolute atomic E-state index is 0.0373. The molecule has 1 aromatic carbocycles. The highest BCUT2D eigenvalue weighted by Crippen LogP contribution is 2.54. The average Bonchev–Trinajstić information content (AvgIpc) is 3.35. The first kappa shape index (κ1) is 18.7. The maximum atomic E-state index is 10.6. The number of hydrogen-bond acceptors (Lipinski definition) is 3. The Hall–Kier alpha value is -3.33. The molecule has 30 heavy (non-hydrogen) atoms. The SMILES string of the molecule is [C-]#[N+]C1=C(O)[C@@H](C)[C@@H]2CCc3c(nc(-c4cnn(C)c4)n3-c3ccccc3)[C@@]2(C)C1. The summed E-state index contributed by atoms with van der Waals surface area (Å²) in [5.74, 6) is 1.38. The molecule has 3 atom stereocenters. The number of fused-ring (bicyclic) bond motifs is 3. The summed E-state index contributed by atoms with van der Waals surface area (Å²) >= 11 is 0. The molecular formula is C24H25N5O. The number of nitrogens with zero attached hydrogens (tertiary/aromatic N) is 5. The fourth-order valence-corrected chi connectivity index (χ4v) is 5.52. The molecule has 0 amide bonds. The van der Waals surface area contributed by atoms with Gasteiger partial charge in [0.05, 0.1) is 29.8 Å². The first-order chi connectivity index (χ1) is 14.4. The van der Waals surface area contributed by atoms with E-state index in [9.17, 15) is 5.11 Å². The summed E-state index contributed by atoms with van der Waals surface area (Å²) in [5, 5.41) is 14.9. The standard InChI is InChI=1S/C24H25N5O/c1-15-18-10-11-20-22(24(18,2)12-19(25-3)21(15)30)27-23(16-13-26-28(4)14-16)29(20)17-8-6-5-7-9-17/h5-9,13-15,18,30H,10-12H2,1-2,4H3/t15-,18-,24-/m0/s1. The van der Waals surface area contributed by atoms with Crippen LogP contribution >= 0.6 is 0 Å². The second-order valence-electron chi connectivity index (χ2n) is 8.78. The van der Waals surface area contributed by atoms with E-state index in [1.54, 1.807) is 4.68 Å². The zero-order chi connectivity index (χ0) is 21.0. The molecule has 0 bridgehead atoms. The Kier molecular flexibility index (Phi) is 4.11. The summed E-state index contributed by atoms with van der Waals surface area (Å²) in [4.78, 5) is 8.87. The van der Waals surface area contributed by atoms with E-state index in [0.717, 1.165) is 35.6 Å². The molecule has 1 N–H and O–H groups in total. The molecule has 0 radical (unpaired) electrons. The molecule has 0 spiro atoms. The van der Waals surface area contributed by atoms with Gasteiger partial charge in [0.1, 0.15) is 5.82 Å². The molecule has 2 aliphatic carbocycles. The predicted molar refractivity (Wildman–Crippen MR) is 115 cm³/mol. The largest absolute Gasteiger partial charge is 0.523 e. The van der Waals surface area contributed by atoms with Crippen LogP contribution in [-0.4, -0.2) is 24.4 Å². The van der Waals surface area contributed by atoms with Crippen LogP contribution in [0.3, 0.4) is 0 Å². The van der Waals surface area contributed by atoms with Gasteiger partial charge in [-0.1, -0.05) is 32.0 Å². The Bertz CT molecular complexity index is 1200. The van der Waals surface area contributed by atoms with E-state index in [4.69, 9.17) is 11.6 Å². The van der Waals surface area contributed by atoms with Crippen LogP contribution in [0.2, 0.25) is 0 Å². The van der Waals surface area contributed by atoms with Crippen molar-refractivity contribution in [3.63, 3.8) is 0 Å². The van der Waals surface area contributed by atoms with Crippen LogP contribution < -0.4 is 0 Å². The van der Waals surface area contributed by atoms with Crippen molar-refractivity contribution in [3.8, 4) is 17.1 Å². The number of benzene rings is 1. The third-order valence-electron chi connectivity index (χ3n) is 7.00. The average molecular weight is 399 g/mol.